The van der Waals surface area contributed by atoms with Crippen molar-refractivity contribution in [2.75, 3.05) is 18.7 Å². The lowest BCUT2D eigenvalue weighted by Crippen LogP contribution is -2.40. The number of aromatic nitrogens is 1. The standard InChI is InChI=1S/C22H19N3O4/c1-25(20-11-10-14(12-23-20)21(26)27)24-22(28)29-13-19-17-8-4-2-6-15(17)16-7-3-5-9-18(16)19/h2-12,19H,13H2,1H3,(H,24,28)(H,26,27). The number of hydrazine groups is 1. The minimum atomic E-state index is -1.06. The van der Waals surface area contributed by atoms with Crippen LogP contribution in [0.1, 0.15) is 27.4 Å². The number of carboxylic acid groups (broad SMARTS) is 1. The van der Waals surface area contributed by atoms with Crippen molar-refractivity contribution in [3.05, 3.63) is 83.6 Å². The topological polar surface area (TPSA) is 91.8 Å². The molecular formula is C22H19N3O4. The van der Waals surface area contributed by atoms with Crippen LogP contribution in [0.15, 0.2) is 66.9 Å². The van der Waals surface area contributed by atoms with E-state index in [4.69, 9.17) is 9.84 Å². The Bertz CT molecular complexity index is 1020. The van der Waals surface area contributed by atoms with Gasteiger partial charge in [-0.15, -0.1) is 0 Å². The lowest BCUT2D eigenvalue weighted by Gasteiger charge is -2.20. The van der Waals surface area contributed by atoms with Crippen molar-refractivity contribution in [2.45, 2.75) is 5.92 Å². The summed E-state index contributed by atoms with van der Waals surface area (Å²) < 4.78 is 5.48. The van der Waals surface area contributed by atoms with Crippen LogP contribution >= 0.6 is 0 Å². The molecule has 0 fully saturated rings. The molecule has 0 unspecified atom stereocenters. The first-order valence-corrected chi connectivity index (χ1v) is 9.09. The van der Waals surface area contributed by atoms with Gasteiger partial charge in [-0.05, 0) is 34.4 Å². The summed E-state index contributed by atoms with van der Waals surface area (Å²) in [6, 6.07) is 19.2. The third-order valence-corrected chi connectivity index (χ3v) is 4.94. The molecule has 2 N–H and O–H groups in total. The van der Waals surface area contributed by atoms with Gasteiger partial charge in [-0.3, -0.25) is 5.01 Å². The average Bonchev–Trinajstić information content (AvgIpc) is 3.06. The van der Waals surface area contributed by atoms with Crippen molar-refractivity contribution < 1.29 is 19.4 Å². The van der Waals surface area contributed by atoms with Crippen LogP contribution < -0.4 is 10.4 Å². The van der Waals surface area contributed by atoms with Gasteiger partial charge in [0.2, 0.25) is 0 Å². The van der Waals surface area contributed by atoms with E-state index >= 15 is 0 Å². The fourth-order valence-corrected chi connectivity index (χ4v) is 3.54. The average molecular weight is 389 g/mol. The van der Waals surface area contributed by atoms with Crippen molar-refractivity contribution in [3.8, 4) is 11.1 Å². The van der Waals surface area contributed by atoms with Crippen LogP contribution in [0.3, 0.4) is 0 Å². The zero-order valence-corrected chi connectivity index (χ0v) is 15.7. The van der Waals surface area contributed by atoms with Crippen LogP contribution in [-0.2, 0) is 4.74 Å². The first-order chi connectivity index (χ1) is 14.0. The molecule has 0 atom stereocenters. The maximum atomic E-state index is 12.3. The molecule has 2 aromatic carbocycles. The van der Waals surface area contributed by atoms with Crippen molar-refractivity contribution in [1.82, 2.24) is 10.4 Å². The summed E-state index contributed by atoms with van der Waals surface area (Å²) in [5.74, 6) is -0.689. The van der Waals surface area contributed by atoms with E-state index in [1.165, 1.54) is 23.3 Å². The smallest absolute Gasteiger partial charge is 0.426 e. The van der Waals surface area contributed by atoms with Gasteiger partial charge < -0.3 is 9.84 Å². The van der Waals surface area contributed by atoms with E-state index in [2.05, 4.69) is 34.7 Å². The fourth-order valence-electron chi connectivity index (χ4n) is 3.54. The van der Waals surface area contributed by atoms with Gasteiger partial charge in [0, 0.05) is 19.2 Å². The van der Waals surface area contributed by atoms with Crippen LogP contribution in [0.5, 0.6) is 0 Å². The Morgan fingerprint density at radius 1 is 1.03 bits per heavy atom. The third kappa shape index (κ3) is 3.62. The Labute approximate surface area is 167 Å². The molecule has 1 aromatic heterocycles. The number of anilines is 1. The van der Waals surface area contributed by atoms with Crippen LogP contribution in [0.2, 0.25) is 0 Å². The van der Waals surface area contributed by atoms with Gasteiger partial charge in [-0.25, -0.2) is 20.0 Å². The molecule has 0 bridgehead atoms. The van der Waals surface area contributed by atoms with Crippen molar-refractivity contribution >= 4 is 17.9 Å². The van der Waals surface area contributed by atoms with E-state index in [1.54, 1.807) is 7.05 Å². The molecule has 0 saturated heterocycles. The van der Waals surface area contributed by atoms with Gasteiger partial charge in [-0.1, -0.05) is 48.5 Å². The van der Waals surface area contributed by atoms with E-state index in [9.17, 15) is 9.59 Å². The third-order valence-electron chi connectivity index (χ3n) is 4.94. The number of rotatable bonds is 5. The number of carbonyl (C=O) groups is 2. The van der Waals surface area contributed by atoms with Gasteiger partial charge in [0.15, 0.2) is 0 Å². The molecule has 7 nitrogen and oxygen atoms in total. The van der Waals surface area contributed by atoms with E-state index in [-0.39, 0.29) is 18.1 Å². The SMILES string of the molecule is CN(NC(=O)OCC1c2ccccc2-c2ccccc21)c1ccc(C(=O)O)cn1. The normalized spacial score (nSPS) is 12.0. The second kappa shape index (κ2) is 7.63. The summed E-state index contributed by atoms with van der Waals surface area (Å²) in [5, 5.41) is 10.3. The largest absolute Gasteiger partial charge is 0.478 e. The lowest BCUT2D eigenvalue weighted by molar-refractivity contribution is 0.0696. The Morgan fingerprint density at radius 3 is 2.21 bits per heavy atom. The quantitative estimate of drug-likeness (QED) is 0.647. The molecule has 1 aliphatic carbocycles. The number of hydrogen-bond acceptors (Lipinski definition) is 5. The minimum Gasteiger partial charge on any atom is -0.478 e. The molecule has 0 spiro atoms. The first-order valence-electron chi connectivity index (χ1n) is 9.09. The summed E-state index contributed by atoms with van der Waals surface area (Å²) >= 11 is 0. The van der Waals surface area contributed by atoms with E-state index < -0.39 is 12.1 Å². The molecule has 7 heteroatoms. The highest BCUT2D eigenvalue weighted by Gasteiger charge is 2.29. The monoisotopic (exact) mass is 389 g/mol. The van der Waals surface area contributed by atoms with Gasteiger partial charge >= 0.3 is 12.1 Å². The number of ether oxygens (including phenoxy) is 1. The fraction of sp³-hybridized carbons (Fsp3) is 0.136. The van der Waals surface area contributed by atoms with Crippen LogP contribution in [0.4, 0.5) is 10.6 Å². The zero-order chi connectivity index (χ0) is 20.4. The number of pyridine rings is 1. The zero-order valence-electron chi connectivity index (χ0n) is 15.7. The molecule has 0 radical (unpaired) electrons. The number of amides is 1. The highest BCUT2D eigenvalue weighted by Crippen LogP contribution is 2.44. The van der Waals surface area contributed by atoms with Crippen molar-refractivity contribution in [3.63, 3.8) is 0 Å². The number of benzene rings is 2. The Kier molecular flexibility index (Phi) is 4.87. The summed E-state index contributed by atoms with van der Waals surface area (Å²) in [7, 11) is 1.60. The molecule has 4 rings (SSSR count). The predicted molar refractivity (Wildman–Crippen MR) is 108 cm³/mol. The summed E-state index contributed by atoms with van der Waals surface area (Å²) in [5.41, 5.74) is 7.26. The predicted octanol–water partition coefficient (Wildman–Crippen LogP) is 3.67. The van der Waals surface area contributed by atoms with E-state index in [0.717, 1.165) is 22.3 Å². The Hall–Kier alpha value is -3.87. The lowest BCUT2D eigenvalue weighted by atomic mass is 9.98. The molecule has 3 aromatic rings. The van der Waals surface area contributed by atoms with Crippen LogP contribution in [0.25, 0.3) is 11.1 Å². The number of nitrogens with one attached hydrogen (secondary N) is 1. The van der Waals surface area contributed by atoms with E-state index in [1.807, 2.05) is 24.3 Å². The van der Waals surface area contributed by atoms with Gasteiger partial charge in [0.05, 0.1) is 5.56 Å². The number of fused-ring (bicyclic) bond motifs is 3. The van der Waals surface area contributed by atoms with Crippen molar-refractivity contribution in [1.29, 1.82) is 0 Å². The van der Waals surface area contributed by atoms with Crippen molar-refractivity contribution in [2.24, 2.45) is 0 Å². The number of aromatic carboxylic acids is 1. The highest BCUT2D eigenvalue weighted by molar-refractivity contribution is 5.87. The van der Waals surface area contributed by atoms with Crippen LogP contribution in [-0.4, -0.2) is 35.8 Å². The molecule has 1 heterocycles. The minimum absolute atomic E-state index is 0.0218. The molecule has 1 aliphatic rings. The second-order valence-corrected chi connectivity index (χ2v) is 6.71. The Morgan fingerprint density at radius 2 is 1.66 bits per heavy atom. The van der Waals surface area contributed by atoms with Gasteiger partial charge in [0.1, 0.15) is 12.4 Å². The van der Waals surface area contributed by atoms with E-state index in [0.29, 0.717) is 5.82 Å². The molecule has 146 valence electrons. The van der Waals surface area contributed by atoms with Crippen LogP contribution in [0, 0.1) is 0 Å². The number of hydrogen-bond donors (Lipinski definition) is 2. The highest BCUT2D eigenvalue weighted by atomic mass is 16.6. The molecule has 0 saturated carbocycles. The summed E-state index contributed by atoms with van der Waals surface area (Å²) in [4.78, 5) is 27.2. The molecule has 0 aliphatic heterocycles. The maximum absolute atomic E-state index is 12.3. The number of carbonyl (C=O) groups excluding carboxylic acids is 1. The maximum Gasteiger partial charge on any atom is 0.426 e. The van der Waals surface area contributed by atoms with Gasteiger partial charge in [0.25, 0.3) is 0 Å². The molecular weight excluding hydrogens is 370 g/mol. The molecule has 1 amide bonds. The second-order valence-electron chi connectivity index (χ2n) is 6.71. The van der Waals surface area contributed by atoms with Gasteiger partial charge in [-0.2, -0.15) is 0 Å². The summed E-state index contributed by atoms with van der Waals surface area (Å²) in [6.45, 7) is 0.207. The number of carboxylic acids is 1. The number of nitrogens with zero attached hydrogens (tertiary/aromatic N) is 2. The molecule has 29 heavy (non-hydrogen) atoms. The Balaban J connectivity index is 1.41. The summed E-state index contributed by atoms with van der Waals surface area (Å²) in [6.07, 6.45) is 0.617. The first kappa shape index (κ1) is 18.5.